The molecule has 0 radical (unpaired) electrons. The van der Waals surface area contributed by atoms with Gasteiger partial charge < -0.3 is 14.2 Å². The van der Waals surface area contributed by atoms with E-state index in [1.165, 1.54) is 51.5 Å². The standard InChI is InChI=1S/C24H25ClN10O5S/c1-13(19(38-3)20-26-9-15(25)10-27-20)41(36,37)33-24-31-30-21(16-8-6-7-14-11-34(2)32-17(14)16)35(24)18-22(39-4)28-12-29-23(18)40-5/h6-13,19H,1-5H3,(H,31,33). The molecule has 0 saturated heterocycles. The average Bonchev–Trinajstić information content (AvgIpc) is 3.55. The SMILES string of the molecule is COc1ncnc(OC)c1-n1c(NS(=O)(=O)C(C)C(OC)c2ncc(Cl)cn2)nnc1-c1cccc2cn(C)nc12. The van der Waals surface area contributed by atoms with E-state index in [0.717, 1.165) is 5.39 Å². The maximum absolute atomic E-state index is 13.7. The van der Waals surface area contributed by atoms with Gasteiger partial charge in [-0.3, -0.25) is 14.0 Å². The number of rotatable bonds is 10. The van der Waals surface area contributed by atoms with Crippen molar-refractivity contribution in [2.75, 3.05) is 26.1 Å². The van der Waals surface area contributed by atoms with Crippen LogP contribution in [0.25, 0.3) is 28.0 Å². The molecular formula is C24H25ClN10O5S. The summed E-state index contributed by atoms with van der Waals surface area (Å²) in [5, 5.41) is 13.1. The third-order valence-corrected chi connectivity index (χ3v) is 8.11. The predicted molar refractivity (Wildman–Crippen MR) is 149 cm³/mol. The number of nitrogens with one attached hydrogen (secondary N) is 1. The van der Waals surface area contributed by atoms with Crippen molar-refractivity contribution in [3.63, 3.8) is 0 Å². The number of fused-ring (bicyclic) bond motifs is 1. The number of sulfonamides is 1. The minimum absolute atomic E-state index is 0.0870. The fraction of sp³-hybridized carbons (Fsp3) is 0.292. The van der Waals surface area contributed by atoms with Gasteiger partial charge in [-0.05, 0) is 13.0 Å². The van der Waals surface area contributed by atoms with Gasteiger partial charge in [-0.2, -0.15) is 15.1 Å². The second kappa shape index (κ2) is 11.2. The second-order valence-electron chi connectivity index (χ2n) is 8.74. The molecule has 0 fully saturated rings. The fourth-order valence-electron chi connectivity index (χ4n) is 4.28. The van der Waals surface area contributed by atoms with Crippen molar-refractivity contribution in [2.24, 2.45) is 7.05 Å². The van der Waals surface area contributed by atoms with Gasteiger partial charge in [0, 0.05) is 43.7 Å². The number of ether oxygens (including phenoxy) is 3. The van der Waals surface area contributed by atoms with Gasteiger partial charge in [-0.1, -0.05) is 23.7 Å². The average molecular weight is 601 g/mol. The van der Waals surface area contributed by atoms with Crippen LogP contribution in [0.15, 0.2) is 43.1 Å². The number of aryl methyl sites for hydroxylation is 1. The van der Waals surface area contributed by atoms with Crippen LogP contribution in [-0.4, -0.2) is 79.5 Å². The van der Waals surface area contributed by atoms with E-state index in [2.05, 4.69) is 40.0 Å². The van der Waals surface area contributed by atoms with Gasteiger partial charge in [0.25, 0.3) is 0 Å². The summed E-state index contributed by atoms with van der Waals surface area (Å²) >= 11 is 5.90. The molecule has 5 aromatic rings. The summed E-state index contributed by atoms with van der Waals surface area (Å²) in [7, 11) is 1.77. The number of benzene rings is 1. The van der Waals surface area contributed by atoms with E-state index < -0.39 is 21.4 Å². The number of nitrogens with zero attached hydrogens (tertiary/aromatic N) is 9. The zero-order valence-electron chi connectivity index (χ0n) is 22.5. The number of hydrogen-bond donors (Lipinski definition) is 1. The normalized spacial score (nSPS) is 13.2. The Balaban J connectivity index is 1.67. The van der Waals surface area contributed by atoms with Crippen LogP contribution in [0.5, 0.6) is 11.8 Å². The summed E-state index contributed by atoms with van der Waals surface area (Å²) in [6.45, 7) is 1.46. The minimum Gasteiger partial charge on any atom is -0.479 e. The molecular weight excluding hydrogens is 576 g/mol. The molecule has 1 aromatic carbocycles. The summed E-state index contributed by atoms with van der Waals surface area (Å²) in [6, 6.07) is 5.52. The zero-order valence-corrected chi connectivity index (χ0v) is 24.1. The van der Waals surface area contributed by atoms with Crippen molar-refractivity contribution in [2.45, 2.75) is 18.3 Å². The molecule has 17 heteroatoms. The highest BCUT2D eigenvalue weighted by Gasteiger charge is 2.35. The van der Waals surface area contributed by atoms with Gasteiger partial charge in [0.1, 0.15) is 23.2 Å². The summed E-state index contributed by atoms with van der Waals surface area (Å²) in [6.07, 6.45) is 4.79. The summed E-state index contributed by atoms with van der Waals surface area (Å²) in [5.41, 5.74) is 1.34. The number of aromatic nitrogens is 9. The first kappa shape index (κ1) is 28.1. The largest absolute Gasteiger partial charge is 0.479 e. The quantitative estimate of drug-likeness (QED) is 0.248. The molecule has 0 aliphatic rings. The van der Waals surface area contributed by atoms with Gasteiger partial charge in [-0.15, -0.1) is 10.2 Å². The summed E-state index contributed by atoms with van der Waals surface area (Å²) in [4.78, 5) is 16.6. The second-order valence-corrected chi connectivity index (χ2v) is 11.2. The van der Waals surface area contributed by atoms with Crippen LogP contribution in [0.2, 0.25) is 5.02 Å². The highest BCUT2D eigenvalue weighted by molar-refractivity contribution is 7.93. The Hall–Kier alpha value is -4.41. The van der Waals surface area contributed by atoms with Crippen LogP contribution >= 0.6 is 11.6 Å². The Kier molecular flexibility index (Phi) is 7.70. The number of hydrogen-bond acceptors (Lipinski definition) is 12. The highest BCUT2D eigenvalue weighted by atomic mass is 35.5. The van der Waals surface area contributed by atoms with E-state index in [0.29, 0.717) is 16.1 Å². The van der Waals surface area contributed by atoms with E-state index in [1.807, 2.05) is 18.3 Å². The van der Waals surface area contributed by atoms with Gasteiger partial charge >= 0.3 is 0 Å². The van der Waals surface area contributed by atoms with Crippen LogP contribution in [0, 0.1) is 0 Å². The van der Waals surface area contributed by atoms with Crippen molar-refractivity contribution < 1.29 is 22.6 Å². The molecule has 2 atom stereocenters. The molecule has 0 saturated carbocycles. The molecule has 1 N–H and O–H groups in total. The van der Waals surface area contributed by atoms with Gasteiger partial charge in [-0.25, -0.2) is 18.4 Å². The number of anilines is 1. The Morgan fingerprint density at radius 2 is 1.68 bits per heavy atom. The van der Waals surface area contributed by atoms with E-state index >= 15 is 0 Å². The zero-order chi connectivity index (χ0) is 29.3. The Morgan fingerprint density at radius 1 is 1.00 bits per heavy atom. The molecule has 0 bridgehead atoms. The Bertz CT molecular complexity index is 1790. The lowest BCUT2D eigenvalue weighted by molar-refractivity contribution is 0.0950. The van der Waals surface area contributed by atoms with E-state index in [9.17, 15) is 8.42 Å². The molecule has 0 aliphatic carbocycles. The molecule has 4 aromatic heterocycles. The smallest absolute Gasteiger partial charge is 0.245 e. The molecule has 214 valence electrons. The third-order valence-electron chi connectivity index (χ3n) is 6.22. The first-order valence-electron chi connectivity index (χ1n) is 12.0. The molecule has 2 unspecified atom stereocenters. The maximum atomic E-state index is 13.7. The predicted octanol–water partition coefficient (Wildman–Crippen LogP) is 2.59. The topological polar surface area (TPSA) is 174 Å². The monoisotopic (exact) mass is 600 g/mol. The maximum Gasteiger partial charge on any atom is 0.245 e. The number of halogens is 1. The molecule has 41 heavy (non-hydrogen) atoms. The van der Waals surface area contributed by atoms with Crippen molar-refractivity contribution in [1.82, 2.24) is 44.5 Å². The molecule has 15 nitrogen and oxygen atoms in total. The lowest BCUT2D eigenvalue weighted by Gasteiger charge is -2.22. The molecule has 5 rings (SSSR count). The lowest BCUT2D eigenvalue weighted by atomic mass is 10.1. The Labute approximate surface area is 239 Å². The summed E-state index contributed by atoms with van der Waals surface area (Å²) in [5.74, 6) is 0.361. The Morgan fingerprint density at radius 3 is 2.32 bits per heavy atom. The molecule has 0 spiro atoms. The number of methoxy groups -OCH3 is 3. The van der Waals surface area contributed by atoms with Crippen molar-refractivity contribution in [1.29, 1.82) is 0 Å². The van der Waals surface area contributed by atoms with Crippen LogP contribution in [0.1, 0.15) is 18.9 Å². The molecule has 4 heterocycles. The van der Waals surface area contributed by atoms with E-state index in [1.54, 1.807) is 17.8 Å². The van der Waals surface area contributed by atoms with Crippen molar-refractivity contribution in [3.8, 4) is 28.8 Å². The highest BCUT2D eigenvalue weighted by Crippen LogP contribution is 2.37. The fourth-order valence-corrected chi connectivity index (χ4v) is 5.51. The molecule has 0 amide bonds. The third kappa shape index (κ3) is 5.23. The first-order chi connectivity index (χ1) is 19.7. The van der Waals surface area contributed by atoms with Gasteiger partial charge in [0.15, 0.2) is 17.3 Å². The van der Waals surface area contributed by atoms with Gasteiger partial charge in [0.2, 0.25) is 27.7 Å². The first-order valence-corrected chi connectivity index (χ1v) is 13.9. The minimum atomic E-state index is -4.21. The lowest BCUT2D eigenvalue weighted by Crippen LogP contribution is -2.33. The van der Waals surface area contributed by atoms with Crippen molar-refractivity contribution in [3.05, 3.63) is 54.0 Å². The van der Waals surface area contributed by atoms with E-state index in [4.69, 9.17) is 25.8 Å². The van der Waals surface area contributed by atoms with Gasteiger partial charge in [0.05, 0.1) is 19.2 Å². The molecule has 0 aliphatic heterocycles. The van der Waals surface area contributed by atoms with Crippen LogP contribution in [0.3, 0.4) is 0 Å². The summed E-state index contributed by atoms with van der Waals surface area (Å²) < 4.78 is 49.5. The van der Waals surface area contributed by atoms with E-state index in [-0.39, 0.29) is 35.0 Å². The van der Waals surface area contributed by atoms with Crippen LogP contribution in [-0.2, 0) is 21.8 Å². The van der Waals surface area contributed by atoms with Crippen LogP contribution < -0.4 is 14.2 Å². The van der Waals surface area contributed by atoms with Crippen LogP contribution in [0.4, 0.5) is 5.95 Å². The van der Waals surface area contributed by atoms with Crippen molar-refractivity contribution >= 4 is 38.5 Å².